The van der Waals surface area contributed by atoms with Gasteiger partial charge in [0.25, 0.3) is 0 Å². The lowest BCUT2D eigenvalue weighted by atomic mass is 10.1. The molecule has 0 radical (unpaired) electrons. The summed E-state index contributed by atoms with van der Waals surface area (Å²) in [6, 6.07) is 0. The third kappa shape index (κ3) is 11.2. The molecule has 0 atom stereocenters. The molecule has 0 heterocycles. The van der Waals surface area contributed by atoms with E-state index in [1.165, 1.54) is 5.57 Å². The first-order valence-electron chi connectivity index (χ1n) is 6.45. The Hall–Kier alpha value is -1.02. The molecular weight excluding hydrogens is 210 g/mol. The van der Waals surface area contributed by atoms with Crippen LogP contribution in [0.4, 0.5) is 0 Å². The van der Waals surface area contributed by atoms with E-state index in [1.807, 2.05) is 34.7 Å². The first kappa shape index (κ1) is 21.3. The average Bonchev–Trinajstić information content (AvgIpc) is 2.46. The van der Waals surface area contributed by atoms with Crippen molar-refractivity contribution in [3.63, 3.8) is 0 Å². The zero-order valence-corrected chi connectivity index (χ0v) is 12.6. The van der Waals surface area contributed by atoms with E-state index < -0.39 is 0 Å². The number of methoxy groups -OCH3 is 1. The molecule has 1 N–H and O–H groups in total. The normalized spacial score (nSPS) is 12.1. The van der Waals surface area contributed by atoms with Gasteiger partial charge in [0.1, 0.15) is 5.76 Å². The van der Waals surface area contributed by atoms with Gasteiger partial charge in [-0.2, -0.15) is 0 Å². The molecule has 0 unspecified atom stereocenters. The molecule has 0 aliphatic heterocycles. The molecular formula is C15H31NO. The largest absolute Gasteiger partial charge is 0.501 e. The molecule has 0 saturated carbocycles. The topological polar surface area (TPSA) is 21.3 Å². The van der Waals surface area contributed by atoms with Crippen LogP contribution in [-0.2, 0) is 4.74 Å². The van der Waals surface area contributed by atoms with Gasteiger partial charge in [0.2, 0.25) is 0 Å². The van der Waals surface area contributed by atoms with Crippen LogP contribution in [0.15, 0.2) is 36.6 Å². The van der Waals surface area contributed by atoms with Crippen molar-refractivity contribution in [1.29, 1.82) is 0 Å². The minimum atomic E-state index is 0.902. The quantitative estimate of drug-likeness (QED) is 0.743. The molecule has 2 heteroatoms. The third-order valence-electron chi connectivity index (χ3n) is 1.83. The van der Waals surface area contributed by atoms with Gasteiger partial charge >= 0.3 is 0 Å². The number of ether oxygens (including phenoxy) is 1. The highest BCUT2D eigenvalue weighted by Gasteiger charge is 2.06. The van der Waals surface area contributed by atoms with Crippen molar-refractivity contribution in [3.05, 3.63) is 36.6 Å². The summed E-state index contributed by atoms with van der Waals surface area (Å²) in [5.74, 6) is 1.13. The van der Waals surface area contributed by atoms with E-state index >= 15 is 0 Å². The molecule has 0 aromatic carbocycles. The number of nitrogens with one attached hydrogen (secondary N) is 1. The molecule has 0 amide bonds. The van der Waals surface area contributed by atoms with Gasteiger partial charge < -0.3 is 10.1 Å². The lowest BCUT2D eigenvalue weighted by Crippen LogP contribution is -2.13. The van der Waals surface area contributed by atoms with Gasteiger partial charge in [-0.15, -0.1) is 13.2 Å². The molecule has 0 saturated heterocycles. The van der Waals surface area contributed by atoms with Crippen LogP contribution >= 0.6 is 0 Å². The smallest absolute Gasteiger partial charge is 0.100 e. The summed E-state index contributed by atoms with van der Waals surface area (Å²) in [7, 11) is 3.69. The zero-order valence-electron chi connectivity index (χ0n) is 12.6. The second kappa shape index (κ2) is 20.4. The van der Waals surface area contributed by atoms with Crippen LogP contribution in [0.1, 0.15) is 40.5 Å². The molecule has 0 aromatic heterocycles. The third-order valence-corrected chi connectivity index (χ3v) is 1.83. The molecule has 1 aliphatic rings. The second-order valence-corrected chi connectivity index (χ2v) is 2.62. The molecule has 0 fully saturated rings. The van der Waals surface area contributed by atoms with Crippen molar-refractivity contribution in [2.45, 2.75) is 40.5 Å². The van der Waals surface area contributed by atoms with Crippen molar-refractivity contribution < 1.29 is 4.74 Å². The predicted molar refractivity (Wildman–Crippen MR) is 80.3 cm³/mol. The Morgan fingerprint density at radius 1 is 1.24 bits per heavy atom. The van der Waals surface area contributed by atoms with Crippen molar-refractivity contribution in [2.75, 3.05) is 20.7 Å². The number of hydrogen-bond acceptors (Lipinski definition) is 2. The molecule has 2 nitrogen and oxygen atoms in total. The second-order valence-electron chi connectivity index (χ2n) is 2.62. The first-order chi connectivity index (χ1) is 8.38. The number of likely N-dealkylation sites (N-methyl/N-ethyl adjacent to an activating group) is 1. The van der Waals surface area contributed by atoms with Crippen molar-refractivity contribution in [1.82, 2.24) is 5.32 Å². The Bertz CT molecular complexity index is 195. The molecule has 1 rings (SSSR count). The number of allylic oxidation sites excluding steroid dienone is 2. The van der Waals surface area contributed by atoms with E-state index in [2.05, 4.69) is 30.6 Å². The average molecular weight is 241 g/mol. The highest BCUT2D eigenvalue weighted by Crippen LogP contribution is 2.18. The maximum Gasteiger partial charge on any atom is 0.100 e. The summed E-state index contributed by atoms with van der Waals surface area (Å²) in [5.41, 5.74) is 1.28. The van der Waals surface area contributed by atoms with E-state index in [0.717, 1.165) is 25.1 Å². The molecule has 0 aromatic rings. The minimum Gasteiger partial charge on any atom is -0.501 e. The summed E-state index contributed by atoms with van der Waals surface area (Å²) >= 11 is 0. The Balaban J connectivity index is -0.000000285. The van der Waals surface area contributed by atoms with Crippen LogP contribution in [0.2, 0.25) is 0 Å². The molecule has 17 heavy (non-hydrogen) atoms. The van der Waals surface area contributed by atoms with Crippen LogP contribution in [0.3, 0.4) is 0 Å². The Morgan fingerprint density at radius 2 is 1.76 bits per heavy atom. The lowest BCUT2D eigenvalue weighted by molar-refractivity contribution is 0.271. The van der Waals surface area contributed by atoms with Gasteiger partial charge in [-0.3, -0.25) is 0 Å². The van der Waals surface area contributed by atoms with Crippen LogP contribution in [-0.4, -0.2) is 20.7 Å². The standard InChI is InChI=1S/C9H15NO.2C2H6.C2H4/c1-10-7-8-5-3-4-6-9(8)11-2;3*1-2/h3,5,10H,4,6-7H2,1-2H3;2*1-2H3;1-2H2. The monoisotopic (exact) mass is 241 g/mol. The van der Waals surface area contributed by atoms with Gasteiger partial charge in [-0.1, -0.05) is 39.8 Å². The van der Waals surface area contributed by atoms with Crippen LogP contribution < -0.4 is 5.32 Å². The highest BCUT2D eigenvalue weighted by atomic mass is 16.5. The fourth-order valence-electron chi connectivity index (χ4n) is 1.27. The molecule has 0 bridgehead atoms. The van der Waals surface area contributed by atoms with Crippen LogP contribution in [0.25, 0.3) is 0 Å². The summed E-state index contributed by atoms with van der Waals surface area (Å²) in [6.45, 7) is 14.9. The van der Waals surface area contributed by atoms with E-state index in [-0.39, 0.29) is 0 Å². The number of rotatable bonds is 3. The van der Waals surface area contributed by atoms with Gasteiger partial charge in [0, 0.05) is 18.5 Å². The summed E-state index contributed by atoms with van der Waals surface area (Å²) in [6.07, 6.45) is 6.48. The van der Waals surface area contributed by atoms with Crippen LogP contribution in [0, 0.1) is 0 Å². The van der Waals surface area contributed by atoms with E-state index in [1.54, 1.807) is 7.11 Å². The maximum absolute atomic E-state index is 5.24. The van der Waals surface area contributed by atoms with Crippen molar-refractivity contribution in [3.8, 4) is 0 Å². The lowest BCUT2D eigenvalue weighted by Gasteiger charge is -2.13. The Kier molecular flexibility index (Phi) is 25.5. The van der Waals surface area contributed by atoms with E-state index in [4.69, 9.17) is 4.74 Å². The number of hydrogen-bond donors (Lipinski definition) is 1. The molecule has 0 spiro atoms. The molecule has 102 valence electrons. The van der Waals surface area contributed by atoms with E-state index in [9.17, 15) is 0 Å². The van der Waals surface area contributed by atoms with E-state index in [0.29, 0.717) is 0 Å². The summed E-state index contributed by atoms with van der Waals surface area (Å²) in [4.78, 5) is 0. The SMILES string of the molecule is C=C.CC.CC.CNCC1=C(OC)CCC=C1. The van der Waals surface area contributed by atoms with Crippen molar-refractivity contribution in [2.24, 2.45) is 0 Å². The fourth-order valence-corrected chi connectivity index (χ4v) is 1.27. The predicted octanol–water partition coefficient (Wildman–Crippen LogP) is 4.31. The van der Waals surface area contributed by atoms with Gasteiger partial charge in [0.05, 0.1) is 7.11 Å². The fraction of sp³-hybridized carbons (Fsp3) is 0.600. The maximum atomic E-state index is 5.24. The van der Waals surface area contributed by atoms with Gasteiger partial charge in [0.15, 0.2) is 0 Å². The minimum absolute atomic E-state index is 0.902. The Labute approximate surface area is 108 Å². The highest BCUT2D eigenvalue weighted by molar-refractivity contribution is 5.27. The van der Waals surface area contributed by atoms with Crippen molar-refractivity contribution >= 4 is 0 Å². The molecule has 1 aliphatic carbocycles. The zero-order chi connectivity index (χ0) is 14.1. The van der Waals surface area contributed by atoms with Gasteiger partial charge in [-0.05, 0) is 13.5 Å². The summed E-state index contributed by atoms with van der Waals surface area (Å²) < 4.78 is 5.24. The first-order valence-corrected chi connectivity index (χ1v) is 6.45. The Morgan fingerprint density at radius 3 is 2.18 bits per heavy atom. The van der Waals surface area contributed by atoms with Crippen LogP contribution in [0.5, 0.6) is 0 Å². The van der Waals surface area contributed by atoms with Gasteiger partial charge in [-0.25, -0.2) is 0 Å². The summed E-state index contributed by atoms with van der Waals surface area (Å²) in [5, 5.41) is 3.11.